The zero-order chi connectivity index (χ0) is 28.7. The van der Waals surface area contributed by atoms with Crippen LogP contribution in [0.5, 0.6) is 0 Å². The molecule has 0 aromatic heterocycles. The van der Waals surface area contributed by atoms with Crippen LogP contribution < -0.4 is 5.32 Å². The minimum absolute atomic E-state index is 0.00375. The van der Waals surface area contributed by atoms with E-state index in [2.05, 4.69) is 10.2 Å². The van der Waals surface area contributed by atoms with Crippen molar-refractivity contribution in [2.24, 2.45) is 11.8 Å². The molecule has 1 aliphatic carbocycles. The molecule has 40 heavy (non-hydrogen) atoms. The largest absolute Gasteiger partial charge is 0.481 e. The zero-order valence-corrected chi connectivity index (χ0v) is 21.7. The highest BCUT2D eigenvalue weighted by molar-refractivity contribution is 5.86. The molecule has 0 spiro atoms. The van der Waals surface area contributed by atoms with Crippen molar-refractivity contribution in [3.8, 4) is 0 Å². The van der Waals surface area contributed by atoms with Crippen LogP contribution in [-0.2, 0) is 27.0 Å². The Kier molecular flexibility index (Phi) is 7.89. The molecule has 2 aromatic carbocycles. The Hall–Kier alpha value is -3.05. The zero-order valence-electron chi connectivity index (χ0n) is 21.7. The van der Waals surface area contributed by atoms with E-state index in [-0.39, 0.29) is 42.4 Å². The van der Waals surface area contributed by atoms with Gasteiger partial charge in [0.25, 0.3) is 5.91 Å². The van der Waals surface area contributed by atoms with Gasteiger partial charge in [-0.25, -0.2) is 8.78 Å². The summed E-state index contributed by atoms with van der Waals surface area (Å²) in [6.07, 6.45) is -1.55. The fourth-order valence-electron chi connectivity index (χ4n) is 6.22. The summed E-state index contributed by atoms with van der Waals surface area (Å²) >= 11 is 0. The number of amides is 1. The van der Waals surface area contributed by atoms with E-state index in [1.165, 1.54) is 12.1 Å². The molecule has 0 bridgehead atoms. The molecular formula is C29H31F5N2O4. The van der Waals surface area contributed by atoms with E-state index in [4.69, 9.17) is 4.74 Å². The van der Waals surface area contributed by atoms with E-state index < -0.39 is 41.0 Å². The second-order valence-electron chi connectivity index (χ2n) is 11.1. The molecule has 6 nitrogen and oxygen atoms in total. The highest BCUT2D eigenvalue weighted by atomic mass is 19.4. The van der Waals surface area contributed by atoms with Gasteiger partial charge in [0, 0.05) is 19.1 Å². The number of aliphatic carboxylic acids is 1. The van der Waals surface area contributed by atoms with Gasteiger partial charge in [-0.15, -0.1) is 0 Å². The number of ether oxygens (including phenoxy) is 1. The fourth-order valence-corrected chi connectivity index (χ4v) is 6.22. The lowest BCUT2D eigenvalue weighted by Crippen LogP contribution is -2.58. The average Bonchev–Trinajstić information content (AvgIpc) is 3.77. The molecule has 216 valence electrons. The van der Waals surface area contributed by atoms with Crippen LogP contribution in [0.25, 0.3) is 0 Å². The van der Waals surface area contributed by atoms with Gasteiger partial charge in [0.2, 0.25) is 0 Å². The molecular weight excluding hydrogens is 535 g/mol. The molecule has 1 saturated carbocycles. The van der Waals surface area contributed by atoms with Gasteiger partial charge in [0.05, 0.1) is 18.1 Å². The SMILES string of the molecule is O=C(O)[C@@H]1CN([C@@H]2CC[C@@](C(=O)NCc3cc(F)cc(C(F)(F)F)c3)(C3CC3)OC2)CC[C@H]1c1ccc(F)cc1. The molecule has 2 aromatic rings. The van der Waals surface area contributed by atoms with Gasteiger partial charge in [0.15, 0.2) is 0 Å². The predicted molar refractivity (Wildman–Crippen MR) is 134 cm³/mol. The van der Waals surface area contributed by atoms with Crippen molar-refractivity contribution in [2.75, 3.05) is 19.7 Å². The van der Waals surface area contributed by atoms with Crippen molar-refractivity contribution < 1.29 is 41.4 Å². The number of hydrogen-bond acceptors (Lipinski definition) is 4. The van der Waals surface area contributed by atoms with Crippen molar-refractivity contribution in [2.45, 2.75) is 62.4 Å². The number of alkyl halides is 3. The van der Waals surface area contributed by atoms with Crippen molar-refractivity contribution in [3.63, 3.8) is 0 Å². The third-order valence-corrected chi connectivity index (χ3v) is 8.52. The summed E-state index contributed by atoms with van der Waals surface area (Å²) in [5.41, 5.74) is -1.44. The number of carbonyl (C=O) groups is 2. The Morgan fingerprint density at radius 2 is 1.75 bits per heavy atom. The van der Waals surface area contributed by atoms with Crippen LogP contribution in [0.1, 0.15) is 54.7 Å². The summed E-state index contributed by atoms with van der Waals surface area (Å²) in [6, 6.07) is 8.04. The molecule has 0 radical (unpaired) electrons. The summed E-state index contributed by atoms with van der Waals surface area (Å²) in [5.74, 6) is -3.68. The van der Waals surface area contributed by atoms with Crippen molar-refractivity contribution in [1.29, 1.82) is 0 Å². The molecule has 5 rings (SSSR count). The number of benzene rings is 2. The number of piperidine rings is 1. The summed E-state index contributed by atoms with van der Waals surface area (Å²) in [6.45, 7) is 0.881. The lowest BCUT2D eigenvalue weighted by Gasteiger charge is -2.46. The molecule has 11 heteroatoms. The monoisotopic (exact) mass is 566 g/mol. The lowest BCUT2D eigenvalue weighted by atomic mass is 9.79. The van der Waals surface area contributed by atoms with Crippen LogP contribution in [0.3, 0.4) is 0 Å². The van der Waals surface area contributed by atoms with Crippen LogP contribution in [-0.4, -0.2) is 53.2 Å². The predicted octanol–water partition coefficient (Wildman–Crippen LogP) is 5.12. The topological polar surface area (TPSA) is 78.9 Å². The number of rotatable bonds is 7. The Morgan fingerprint density at radius 1 is 1.02 bits per heavy atom. The van der Waals surface area contributed by atoms with Crippen LogP contribution in [0.2, 0.25) is 0 Å². The number of carboxylic acid groups (broad SMARTS) is 1. The minimum Gasteiger partial charge on any atom is -0.481 e. The maximum absolute atomic E-state index is 13.8. The second-order valence-corrected chi connectivity index (χ2v) is 11.1. The number of carboxylic acids is 1. The highest BCUT2D eigenvalue weighted by Gasteiger charge is 2.54. The summed E-state index contributed by atoms with van der Waals surface area (Å²) < 4.78 is 72.6. The first-order chi connectivity index (χ1) is 19.0. The molecule has 1 amide bonds. The molecule has 0 unspecified atom stereocenters. The molecule has 4 atom stereocenters. The van der Waals surface area contributed by atoms with Crippen LogP contribution in [0.4, 0.5) is 22.0 Å². The first kappa shape index (κ1) is 28.5. The second kappa shape index (κ2) is 11.1. The summed E-state index contributed by atoms with van der Waals surface area (Å²) in [5, 5.41) is 12.6. The number of nitrogens with zero attached hydrogens (tertiary/aromatic N) is 1. The van der Waals surface area contributed by atoms with Gasteiger partial charge >= 0.3 is 12.1 Å². The van der Waals surface area contributed by atoms with Gasteiger partial charge in [-0.1, -0.05) is 12.1 Å². The molecule has 2 saturated heterocycles. The third-order valence-electron chi connectivity index (χ3n) is 8.52. The van der Waals surface area contributed by atoms with Crippen LogP contribution >= 0.6 is 0 Å². The van der Waals surface area contributed by atoms with E-state index in [0.717, 1.165) is 30.5 Å². The summed E-state index contributed by atoms with van der Waals surface area (Å²) in [4.78, 5) is 27.5. The number of hydrogen-bond donors (Lipinski definition) is 2. The van der Waals surface area contributed by atoms with E-state index in [1.54, 1.807) is 12.1 Å². The maximum Gasteiger partial charge on any atom is 0.416 e. The van der Waals surface area contributed by atoms with E-state index >= 15 is 0 Å². The number of carbonyl (C=O) groups excluding carboxylic acids is 1. The number of halogens is 5. The van der Waals surface area contributed by atoms with Gasteiger partial charge < -0.3 is 15.2 Å². The first-order valence-electron chi connectivity index (χ1n) is 13.5. The van der Waals surface area contributed by atoms with Gasteiger partial charge in [0.1, 0.15) is 17.2 Å². The maximum atomic E-state index is 13.8. The quantitative estimate of drug-likeness (QED) is 0.455. The average molecular weight is 567 g/mol. The molecule has 3 aliphatic rings. The first-order valence-corrected chi connectivity index (χ1v) is 13.5. The fraction of sp³-hybridized carbons (Fsp3) is 0.517. The van der Waals surface area contributed by atoms with Gasteiger partial charge in [-0.3, -0.25) is 14.5 Å². The van der Waals surface area contributed by atoms with Crippen LogP contribution in [0, 0.1) is 23.5 Å². The Morgan fingerprint density at radius 3 is 2.35 bits per heavy atom. The number of likely N-dealkylation sites (tertiary alicyclic amines) is 1. The normalized spacial score (nSPS) is 27.8. The highest BCUT2D eigenvalue weighted by Crippen LogP contribution is 2.47. The van der Waals surface area contributed by atoms with E-state index in [1.807, 2.05) is 0 Å². The smallest absolute Gasteiger partial charge is 0.416 e. The molecule has 2 heterocycles. The van der Waals surface area contributed by atoms with Crippen molar-refractivity contribution in [3.05, 3.63) is 70.8 Å². The van der Waals surface area contributed by atoms with Crippen molar-refractivity contribution in [1.82, 2.24) is 10.2 Å². The molecule has 2 N–H and O–H groups in total. The van der Waals surface area contributed by atoms with Gasteiger partial charge in [-0.05, 0) is 91.9 Å². The lowest BCUT2D eigenvalue weighted by molar-refractivity contribution is -0.166. The van der Waals surface area contributed by atoms with E-state index in [0.29, 0.717) is 38.4 Å². The summed E-state index contributed by atoms with van der Waals surface area (Å²) in [7, 11) is 0. The van der Waals surface area contributed by atoms with Crippen LogP contribution in [0.15, 0.2) is 42.5 Å². The Labute approximate surface area is 228 Å². The van der Waals surface area contributed by atoms with Crippen molar-refractivity contribution >= 4 is 11.9 Å². The standard InChI is InChI=1S/C29H31F5N2O4/c30-21-5-1-18(2-6-21)24-8-10-36(15-25(24)26(37)38)23-7-9-28(40-16-23,19-3-4-19)27(39)35-14-17-11-20(29(32,33)34)13-22(31)12-17/h1-2,5-6,11-13,19,23-25H,3-4,7-10,14-16H2,(H,35,39)(H,37,38)/t23-,24+,25-,28+/m1/s1. The minimum atomic E-state index is -4.70. The third kappa shape index (κ3) is 6.00. The van der Waals surface area contributed by atoms with Gasteiger partial charge in [-0.2, -0.15) is 13.2 Å². The molecule has 2 aliphatic heterocycles. The Bertz CT molecular complexity index is 1240. The van der Waals surface area contributed by atoms with E-state index in [9.17, 15) is 36.6 Å². The molecule has 3 fully saturated rings. The Balaban J connectivity index is 1.22. The number of nitrogens with one attached hydrogen (secondary N) is 1.